The van der Waals surface area contributed by atoms with Gasteiger partial charge in [-0.25, -0.2) is 0 Å². The highest BCUT2D eigenvalue weighted by atomic mass is 16.5. The van der Waals surface area contributed by atoms with E-state index in [4.69, 9.17) is 15.2 Å². The molecule has 1 aliphatic rings. The number of rotatable bonds is 7. The van der Waals surface area contributed by atoms with Gasteiger partial charge in [-0.2, -0.15) is 0 Å². The number of pyridine rings is 1. The van der Waals surface area contributed by atoms with Gasteiger partial charge < -0.3 is 15.2 Å². The van der Waals surface area contributed by atoms with Gasteiger partial charge in [-0.05, 0) is 38.8 Å². The summed E-state index contributed by atoms with van der Waals surface area (Å²) in [6, 6.07) is 2.45. The van der Waals surface area contributed by atoms with Crippen LogP contribution >= 0.6 is 0 Å². The third-order valence-corrected chi connectivity index (χ3v) is 3.96. The van der Waals surface area contributed by atoms with E-state index in [2.05, 4.69) is 9.88 Å². The van der Waals surface area contributed by atoms with Gasteiger partial charge in [0.1, 0.15) is 5.69 Å². The summed E-state index contributed by atoms with van der Waals surface area (Å²) in [4.78, 5) is 6.95. The van der Waals surface area contributed by atoms with E-state index in [0.717, 1.165) is 43.2 Å². The van der Waals surface area contributed by atoms with Crippen molar-refractivity contribution in [2.75, 3.05) is 27.3 Å². The number of hydrogen-bond donors (Lipinski definition) is 1. The fourth-order valence-electron chi connectivity index (χ4n) is 2.94. The number of hydrogen-bond acceptors (Lipinski definition) is 5. The first-order valence-electron chi connectivity index (χ1n) is 7.30. The van der Waals surface area contributed by atoms with E-state index < -0.39 is 0 Å². The predicted octanol–water partition coefficient (Wildman–Crippen LogP) is 1.80. The molecule has 112 valence electrons. The average molecular weight is 279 g/mol. The summed E-state index contributed by atoms with van der Waals surface area (Å²) in [5.74, 6) is 1.50. The zero-order valence-electron chi connectivity index (χ0n) is 12.5. The molecule has 2 rings (SSSR count). The van der Waals surface area contributed by atoms with Crippen molar-refractivity contribution in [2.24, 2.45) is 5.73 Å². The highest BCUT2D eigenvalue weighted by Gasteiger charge is 2.25. The molecule has 5 heteroatoms. The van der Waals surface area contributed by atoms with Crippen molar-refractivity contribution in [2.45, 2.75) is 38.3 Å². The molecule has 1 fully saturated rings. The minimum absolute atomic E-state index is 0.622. The van der Waals surface area contributed by atoms with E-state index in [1.165, 1.54) is 19.3 Å². The van der Waals surface area contributed by atoms with Crippen molar-refractivity contribution in [3.8, 4) is 11.5 Å². The largest absolute Gasteiger partial charge is 0.493 e. The van der Waals surface area contributed by atoms with Crippen molar-refractivity contribution in [1.82, 2.24) is 9.88 Å². The Morgan fingerprint density at radius 1 is 1.40 bits per heavy atom. The first-order chi connectivity index (χ1) is 9.80. The molecule has 1 unspecified atom stereocenters. The van der Waals surface area contributed by atoms with Crippen molar-refractivity contribution in [3.63, 3.8) is 0 Å². The fraction of sp³-hybridized carbons (Fsp3) is 0.667. The Kier molecular flexibility index (Phi) is 5.61. The highest BCUT2D eigenvalue weighted by molar-refractivity contribution is 5.42. The maximum absolute atomic E-state index is 5.62. The molecule has 2 heterocycles. The Labute approximate surface area is 121 Å². The van der Waals surface area contributed by atoms with E-state index in [-0.39, 0.29) is 0 Å². The third-order valence-electron chi connectivity index (χ3n) is 3.96. The monoisotopic (exact) mass is 279 g/mol. The van der Waals surface area contributed by atoms with Gasteiger partial charge in [0.15, 0.2) is 11.5 Å². The molecule has 20 heavy (non-hydrogen) atoms. The van der Waals surface area contributed by atoms with E-state index >= 15 is 0 Å². The molecule has 0 aliphatic carbocycles. The summed E-state index contributed by atoms with van der Waals surface area (Å²) >= 11 is 0. The van der Waals surface area contributed by atoms with Crippen LogP contribution < -0.4 is 15.2 Å². The first kappa shape index (κ1) is 15.1. The van der Waals surface area contributed by atoms with E-state index in [1.807, 2.05) is 6.07 Å². The van der Waals surface area contributed by atoms with Gasteiger partial charge in [0, 0.05) is 24.8 Å². The van der Waals surface area contributed by atoms with Gasteiger partial charge in [0.05, 0.1) is 14.2 Å². The van der Waals surface area contributed by atoms with Gasteiger partial charge in [-0.15, -0.1) is 0 Å². The predicted molar refractivity (Wildman–Crippen MR) is 79.1 cm³/mol. The lowest BCUT2D eigenvalue weighted by molar-refractivity contribution is 0.225. The van der Waals surface area contributed by atoms with Crippen molar-refractivity contribution in [1.29, 1.82) is 0 Å². The molecular weight excluding hydrogens is 254 g/mol. The SMILES string of the molecule is COc1ccnc(CN2CCCC2CCCN)c1OC. The third kappa shape index (κ3) is 3.41. The second kappa shape index (κ2) is 7.45. The maximum Gasteiger partial charge on any atom is 0.183 e. The highest BCUT2D eigenvalue weighted by Crippen LogP contribution is 2.32. The number of nitrogens with zero attached hydrogens (tertiary/aromatic N) is 2. The molecule has 1 aromatic rings. The average Bonchev–Trinajstić information content (AvgIpc) is 2.92. The van der Waals surface area contributed by atoms with Crippen LogP contribution in [0.15, 0.2) is 12.3 Å². The number of likely N-dealkylation sites (tertiary alicyclic amines) is 1. The summed E-state index contributed by atoms with van der Waals surface area (Å²) in [6.07, 6.45) is 6.54. The summed E-state index contributed by atoms with van der Waals surface area (Å²) in [5.41, 5.74) is 6.57. The van der Waals surface area contributed by atoms with E-state index in [0.29, 0.717) is 6.04 Å². The molecule has 1 saturated heterocycles. The quantitative estimate of drug-likeness (QED) is 0.824. The lowest BCUT2D eigenvalue weighted by Crippen LogP contribution is -2.30. The molecule has 2 N–H and O–H groups in total. The lowest BCUT2D eigenvalue weighted by atomic mass is 10.1. The van der Waals surface area contributed by atoms with Crippen molar-refractivity contribution >= 4 is 0 Å². The van der Waals surface area contributed by atoms with E-state index in [1.54, 1.807) is 20.4 Å². The van der Waals surface area contributed by atoms with Crippen LogP contribution in [0, 0.1) is 0 Å². The van der Waals surface area contributed by atoms with Crippen LogP contribution in [0.2, 0.25) is 0 Å². The minimum Gasteiger partial charge on any atom is -0.493 e. The molecule has 1 aromatic heterocycles. The molecule has 0 bridgehead atoms. The molecule has 0 radical (unpaired) electrons. The zero-order chi connectivity index (χ0) is 14.4. The van der Waals surface area contributed by atoms with Gasteiger partial charge in [-0.3, -0.25) is 9.88 Å². The number of aromatic nitrogens is 1. The molecule has 1 atom stereocenters. The second-order valence-corrected chi connectivity index (χ2v) is 5.19. The summed E-state index contributed by atoms with van der Waals surface area (Å²) in [7, 11) is 3.32. The Bertz CT molecular complexity index is 426. The Morgan fingerprint density at radius 2 is 2.25 bits per heavy atom. The Balaban J connectivity index is 2.09. The molecule has 0 spiro atoms. The maximum atomic E-state index is 5.62. The van der Waals surface area contributed by atoms with Crippen LogP contribution in [-0.2, 0) is 6.54 Å². The van der Waals surface area contributed by atoms with Crippen LogP contribution in [0.5, 0.6) is 11.5 Å². The molecule has 0 saturated carbocycles. The number of ether oxygens (including phenoxy) is 2. The summed E-state index contributed by atoms with van der Waals surface area (Å²) in [6.45, 7) is 2.71. The van der Waals surface area contributed by atoms with Crippen LogP contribution in [0.1, 0.15) is 31.4 Å². The standard InChI is InChI=1S/C15H25N3O2/c1-19-14-7-9-17-13(15(14)20-2)11-18-10-4-6-12(18)5-3-8-16/h7,9,12H,3-6,8,10-11,16H2,1-2H3. The molecule has 0 aromatic carbocycles. The topological polar surface area (TPSA) is 60.6 Å². The van der Waals surface area contributed by atoms with Crippen molar-refractivity contribution in [3.05, 3.63) is 18.0 Å². The number of methoxy groups -OCH3 is 2. The number of nitrogens with two attached hydrogens (primary N) is 1. The fourth-order valence-corrected chi connectivity index (χ4v) is 2.94. The molecular formula is C15H25N3O2. The summed E-state index contributed by atoms with van der Waals surface area (Å²) in [5, 5.41) is 0. The van der Waals surface area contributed by atoms with Gasteiger partial charge >= 0.3 is 0 Å². The van der Waals surface area contributed by atoms with Crippen LogP contribution in [0.25, 0.3) is 0 Å². The molecule has 5 nitrogen and oxygen atoms in total. The Hall–Kier alpha value is -1.33. The Morgan fingerprint density at radius 3 is 2.95 bits per heavy atom. The van der Waals surface area contributed by atoms with Gasteiger partial charge in [-0.1, -0.05) is 0 Å². The molecule has 0 amide bonds. The zero-order valence-corrected chi connectivity index (χ0v) is 12.5. The van der Waals surface area contributed by atoms with Gasteiger partial charge in [0.2, 0.25) is 0 Å². The van der Waals surface area contributed by atoms with Crippen LogP contribution in [0.4, 0.5) is 0 Å². The smallest absolute Gasteiger partial charge is 0.183 e. The van der Waals surface area contributed by atoms with Gasteiger partial charge in [0.25, 0.3) is 0 Å². The van der Waals surface area contributed by atoms with Crippen LogP contribution in [0.3, 0.4) is 0 Å². The second-order valence-electron chi connectivity index (χ2n) is 5.19. The lowest BCUT2D eigenvalue weighted by Gasteiger charge is -2.25. The minimum atomic E-state index is 0.622. The normalized spacial score (nSPS) is 19.2. The van der Waals surface area contributed by atoms with E-state index in [9.17, 15) is 0 Å². The van der Waals surface area contributed by atoms with Crippen molar-refractivity contribution < 1.29 is 9.47 Å². The molecule has 1 aliphatic heterocycles. The first-order valence-corrected chi connectivity index (χ1v) is 7.30. The summed E-state index contributed by atoms with van der Waals surface area (Å²) < 4.78 is 10.8. The van der Waals surface area contributed by atoms with Crippen LogP contribution in [-0.4, -0.2) is 43.2 Å².